The number of fused-ring (bicyclic) bond motifs is 2. The third-order valence-corrected chi connectivity index (χ3v) is 10.5. The number of hydrogen-bond donors (Lipinski definition) is 3. The van der Waals surface area contributed by atoms with Crippen molar-refractivity contribution in [3.05, 3.63) is 93.0 Å². The number of benzene rings is 2. The lowest BCUT2D eigenvalue weighted by atomic mass is 9.93. The number of carbonyl (C=O) groups is 1. The van der Waals surface area contributed by atoms with Crippen LogP contribution in [0.3, 0.4) is 0 Å². The zero-order valence-electron chi connectivity index (χ0n) is 32.1. The van der Waals surface area contributed by atoms with E-state index >= 15 is 8.78 Å². The number of halogens is 11. The van der Waals surface area contributed by atoms with Crippen molar-refractivity contribution < 1.29 is 53.8 Å². The normalized spacial score (nSPS) is 17.0. The second kappa shape index (κ2) is 16.1. The van der Waals surface area contributed by atoms with Gasteiger partial charge in [-0.05, 0) is 68.0 Å². The van der Waals surface area contributed by atoms with Crippen molar-refractivity contribution in [2.75, 3.05) is 11.0 Å². The van der Waals surface area contributed by atoms with Crippen molar-refractivity contribution in [1.82, 2.24) is 29.9 Å². The molecule has 1 aliphatic rings. The fourth-order valence-electron chi connectivity index (χ4n) is 7.12. The molecule has 3 atom stereocenters. The van der Waals surface area contributed by atoms with Gasteiger partial charge in [0.1, 0.15) is 41.7 Å². The molecule has 0 spiro atoms. The number of pyridine rings is 1. The predicted octanol–water partition coefficient (Wildman–Crippen LogP) is 9.56. The molecule has 3 heterocycles. The number of amides is 1. The van der Waals surface area contributed by atoms with Crippen molar-refractivity contribution in [3.63, 3.8) is 0 Å². The molecule has 3 aromatic heterocycles. The molecule has 6 rings (SSSR count). The van der Waals surface area contributed by atoms with Crippen LogP contribution in [0.5, 0.6) is 0 Å². The number of hydrogen-bond acceptors (Lipinski definition) is 7. The lowest BCUT2D eigenvalue weighted by molar-refractivity contribution is -0.143. The minimum Gasteiger partial charge on any atom is -0.378 e. The smallest absolute Gasteiger partial charge is 0.378 e. The summed E-state index contributed by atoms with van der Waals surface area (Å²) in [6.45, 7) is 2.20. The van der Waals surface area contributed by atoms with Gasteiger partial charge in [-0.3, -0.25) is 14.2 Å². The van der Waals surface area contributed by atoms with Crippen LogP contribution in [0.2, 0.25) is 5.02 Å². The van der Waals surface area contributed by atoms with Gasteiger partial charge in [0, 0.05) is 34.9 Å². The molecule has 21 heteroatoms. The molecule has 3 N–H and O–H groups in total. The molecule has 0 bridgehead atoms. The maximum Gasteiger partial charge on any atom is 0.435 e. The van der Waals surface area contributed by atoms with Gasteiger partial charge in [0.25, 0.3) is 5.92 Å². The molecule has 0 radical (unpaired) electrons. The molecule has 9 nitrogen and oxygen atoms in total. The molecular formula is C39H34ClF10N7O2S. The molecule has 1 aliphatic carbocycles. The van der Waals surface area contributed by atoms with E-state index in [0.29, 0.717) is 10.7 Å². The van der Waals surface area contributed by atoms with E-state index in [1.54, 1.807) is 6.26 Å². The Bertz CT molecular complexity index is 2520. The highest BCUT2D eigenvalue weighted by Gasteiger charge is 2.57. The van der Waals surface area contributed by atoms with Gasteiger partial charge in [-0.15, -0.1) is 0 Å². The Morgan fingerprint density at radius 1 is 1.00 bits per heavy atom. The topological polar surface area (TPSA) is 110 Å². The van der Waals surface area contributed by atoms with Crippen LogP contribution in [0.25, 0.3) is 22.0 Å². The Morgan fingerprint density at radius 3 is 2.25 bits per heavy atom. The number of anilines is 1. The highest BCUT2D eigenvalue weighted by molar-refractivity contribution is 7.99. The quantitative estimate of drug-likeness (QED) is 0.0729. The number of aliphatic hydroxyl groups is 1. The first-order chi connectivity index (χ1) is 27.8. The average molecular weight is 890 g/mol. The summed E-state index contributed by atoms with van der Waals surface area (Å²) in [4.78, 5) is 18.6. The number of carbonyl (C=O) groups excluding carboxylic acids is 1. The molecule has 0 fully saturated rings. The van der Waals surface area contributed by atoms with Crippen LogP contribution in [0, 0.1) is 29.4 Å². The van der Waals surface area contributed by atoms with Gasteiger partial charge in [-0.2, -0.15) is 45.3 Å². The molecule has 60 heavy (non-hydrogen) atoms. The van der Waals surface area contributed by atoms with Gasteiger partial charge < -0.3 is 15.1 Å². The molecule has 2 unspecified atom stereocenters. The summed E-state index contributed by atoms with van der Waals surface area (Å²) < 4.78 is 149. The van der Waals surface area contributed by atoms with Gasteiger partial charge in [0.05, 0.1) is 27.7 Å². The first-order valence-corrected chi connectivity index (χ1v) is 19.5. The van der Waals surface area contributed by atoms with Crippen LogP contribution in [0.15, 0.2) is 42.5 Å². The average Bonchev–Trinajstić information content (AvgIpc) is 3.73. The largest absolute Gasteiger partial charge is 0.435 e. The molecule has 0 saturated carbocycles. The van der Waals surface area contributed by atoms with E-state index in [-0.39, 0.29) is 54.5 Å². The fraction of sp³-hybridized carbons (Fsp3) is 0.385. The second-order valence-electron chi connectivity index (χ2n) is 14.8. The van der Waals surface area contributed by atoms with Crippen LogP contribution in [0.4, 0.5) is 49.7 Å². The highest BCUT2D eigenvalue weighted by atomic mass is 35.5. The monoisotopic (exact) mass is 889 g/mol. The van der Waals surface area contributed by atoms with E-state index in [2.05, 4.69) is 37.1 Å². The summed E-state index contributed by atoms with van der Waals surface area (Å²) in [5.41, 5.74) is -5.53. The summed E-state index contributed by atoms with van der Waals surface area (Å²) in [7, 11) is 0. The Balaban J connectivity index is 1.57. The van der Waals surface area contributed by atoms with E-state index < -0.39 is 95.8 Å². The van der Waals surface area contributed by atoms with E-state index in [9.17, 15) is 45.0 Å². The van der Waals surface area contributed by atoms with Gasteiger partial charge in [-0.1, -0.05) is 49.4 Å². The summed E-state index contributed by atoms with van der Waals surface area (Å²) in [5.74, 6) is -4.82. The highest BCUT2D eigenvalue weighted by Crippen LogP contribution is 2.55. The Hall–Kier alpha value is -5.00. The number of rotatable bonds is 10. The lowest BCUT2D eigenvalue weighted by Gasteiger charge is -2.24. The molecule has 5 aromatic rings. The Kier molecular flexibility index (Phi) is 12.0. The number of nitrogens with zero attached hydrogens (tertiary/aromatic N) is 5. The standard InChI is InChI=1S/C39H34ClF10N7O2S/c1-18-19(2)38(46,47)34-29(18)33(39(48,49)50)53-56(34)16-28(58)52-27(14-20-12-21(41)15-22(42)13-20)31-24(7-6-23(51-31)10-11-36(3,4)59)25-8-9-26(40)30-32(25)57(17-37(43,44)45)54-35(30)55-60-5/h6-9,12-13,15,18-19,27,59H,14,16-17H2,1-5H3,(H,52,58)(H,54,55)/t18-,19?,27?/m0/s1. The fourth-order valence-corrected chi connectivity index (χ4v) is 7.70. The van der Waals surface area contributed by atoms with E-state index in [0.717, 1.165) is 31.0 Å². The van der Waals surface area contributed by atoms with Crippen LogP contribution < -0.4 is 10.0 Å². The Labute approximate surface area is 345 Å². The molecule has 0 aliphatic heterocycles. The lowest BCUT2D eigenvalue weighted by Crippen LogP contribution is -2.35. The van der Waals surface area contributed by atoms with Crippen molar-refractivity contribution in [2.45, 2.75) is 83.0 Å². The van der Waals surface area contributed by atoms with Gasteiger partial charge in [-0.25, -0.2) is 13.8 Å². The van der Waals surface area contributed by atoms with Gasteiger partial charge in [0.15, 0.2) is 11.5 Å². The van der Waals surface area contributed by atoms with Crippen molar-refractivity contribution >= 4 is 46.2 Å². The number of nitrogens with one attached hydrogen (secondary N) is 2. The van der Waals surface area contributed by atoms with Crippen molar-refractivity contribution in [1.29, 1.82) is 0 Å². The van der Waals surface area contributed by atoms with Gasteiger partial charge >= 0.3 is 12.4 Å². The SMILES string of the molecule is CSNc1nn(CC(F)(F)F)c2c(-c3ccc(C#CC(C)(C)O)nc3C(Cc3cc(F)cc(F)c3)NC(=O)Cn3nc(C(F)(F)F)c4c3C(F)(F)C(C)[C@@H]4C)ccc(Cl)c12. The molecule has 320 valence electrons. The Morgan fingerprint density at radius 2 is 1.65 bits per heavy atom. The minimum absolute atomic E-state index is 0.000183. The number of alkyl halides is 8. The molecule has 2 aromatic carbocycles. The molecule has 1 amide bonds. The summed E-state index contributed by atoms with van der Waals surface area (Å²) >= 11 is 7.55. The maximum absolute atomic E-state index is 15.6. The van der Waals surface area contributed by atoms with Crippen LogP contribution >= 0.6 is 23.5 Å². The zero-order valence-corrected chi connectivity index (χ0v) is 33.6. The molecule has 0 saturated heterocycles. The van der Waals surface area contributed by atoms with Crippen molar-refractivity contribution in [3.8, 4) is 23.0 Å². The van der Waals surface area contributed by atoms with Gasteiger partial charge in [0.2, 0.25) is 5.91 Å². The van der Waals surface area contributed by atoms with E-state index in [1.165, 1.54) is 45.0 Å². The third-order valence-electron chi connectivity index (χ3n) is 9.75. The summed E-state index contributed by atoms with van der Waals surface area (Å²) in [6.07, 6.45) is -8.89. The zero-order chi connectivity index (χ0) is 44.3. The van der Waals surface area contributed by atoms with Crippen LogP contribution in [-0.4, -0.2) is 53.6 Å². The van der Waals surface area contributed by atoms with E-state index in [4.69, 9.17) is 11.6 Å². The van der Waals surface area contributed by atoms with Crippen molar-refractivity contribution in [2.24, 2.45) is 5.92 Å². The summed E-state index contributed by atoms with van der Waals surface area (Å²) in [5, 5.41) is 20.4. The second-order valence-corrected chi connectivity index (χ2v) is 15.8. The first kappa shape index (κ1) is 44.5. The van der Waals surface area contributed by atoms with Crippen LogP contribution in [0.1, 0.15) is 73.6 Å². The van der Waals surface area contributed by atoms with Crippen LogP contribution in [-0.2, 0) is 36.4 Å². The summed E-state index contributed by atoms with van der Waals surface area (Å²) in [6, 6.07) is 6.29. The predicted molar refractivity (Wildman–Crippen MR) is 204 cm³/mol. The minimum atomic E-state index is -5.17. The third kappa shape index (κ3) is 9.17. The van der Waals surface area contributed by atoms with E-state index in [1.807, 2.05) is 0 Å². The molecular weight excluding hydrogens is 856 g/mol. The maximum atomic E-state index is 15.6. The number of aromatic nitrogens is 5. The first-order valence-electron chi connectivity index (χ1n) is 17.9.